The van der Waals surface area contributed by atoms with Crippen LogP contribution >= 0.6 is 11.6 Å². The van der Waals surface area contributed by atoms with Crippen LogP contribution in [0.1, 0.15) is 38.9 Å². The van der Waals surface area contributed by atoms with Gasteiger partial charge in [0.15, 0.2) is 0 Å². The maximum absolute atomic E-state index is 9.60. The molecule has 0 aliphatic heterocycles. The fourth-order valence-corrected chi connectivity index (χ4v) is 1.56. The Labute approximate surface area is 102 Å². The molecule has 1 N–H and O–H groups in total. The zero-order valence-corrected chi connectivity index (χ0v) is 10.8. The average molecular weight is 243 g/mol. The van der Waals surface area contributed by atoms with Crippen molar-refractivity contribution in [2.24, 2.45) is 5.92 Å². The fourth-order valence-electron chi connectivity index (χ4n) is 1.38. The zero-order valence-electron chi connectivity index (χ0n) is 10.0. The van der Waals surface area contributed by atoms with Crippen molar-refractivity contribution >= 4 is 11.6 Å². The molecule has 0 unspecified atom stereocenters. The van der Waals surface area contributed by atoms with E-state index in [1.54, 1.807) is 19.1 Å². The monoisotopic (exact) mass is 242 g/mol. The van der Waals surface area contributed by atoms with Gasteiger partial charge in [0.05, 0.1) is 12.7 Å². The van der Waals surface area contributed by atoms with Crippen LogP contribution in [0.5, 0.6) is 5.75 Å². The predicted octanol–water partition coefficient (Wildman–Crippen LogP) is 3.82. The first-order valence-corrected chi connectivity index (χ1v) is 5.98. The van der Waals surface area contributed by atoms with Gasteiger partial charge in [-0.3, -0.25) is 0 Å². The van der Waals surface area contributed by atoms with Gasteiger partial charge in [0, 0.05) is 10.6 Å². The molecule has 0 saturated carbocycles. The average Bonchev–Trinajstić information content (AvgIpc) is 2.19. The van der Waals surface area contributed by atoms with E-state index in [1.807, 2.05) is 6.07 Å². The third-order valence-corrected chi connectivity index (χ3v) is 2.61. The summed E-state index contributed by atoms with van der Waals surface area (Å²) in [4.78, 5) is 0. The van der Waals surface area contributed by atoms with E-state index >= 15 is 0 Å². The molecule has 0 radical (unpaired) electrons. The van der Waals surface area contributed by atoms with Gasteiger partial charge in [0.2, 0.25) is 0 Å². The standard InChI is InChI=1S/C13H19ClO2/c1-9(2)6-7-16-13-5-4-11(14)8-12(13)10(3)15/h4-5,8-10,15H,6-7H2,1-3H3/t10-/m0/s1. The maximum Gasteiger partial charge on any atom is 0.125 e. The summed E-state index contributed by atoms with van der Waals surface area (Å²) in [5.41, 5.74) is 0.747. The highest BCUT2D eigenvalue weighted by Gasteiger charge is 2.10. The smallest absolute Gasteiger partial charge is 0.125 e. The Morgan fingerprint density at radius 1 is 1.31 bits per heavy atom. The zero-order chi connectivity index (χ0) is 12.1. The van der Waals surface area contributed by atoms with Crippen molar-refractivity contribution in [2.75, 3.05) is 6.61 Å². The van der Waals surface area contributed by atoms with Crippen molar-refractivity contribution in [3.05, 3.63) is 28.8 Å². The molecule has 16 heavy (non-hydrogen) atoms. The van der Waals surface area contributed by atoms with E-state index in [9.17, 15) is 5.11 Å². The number of aliphatic hydroxyl groups excluding tert-OH is 1. The Morgan fingerprint density at radius 3 is 2.56 bits per heavy atom. The largest absolute Gasteiger partial charge is 0.493 e. The van der Waals surface area contributed by atoms with Gasteiger partial charge in [-0.2, -0.15) is 0 Å². The molecule has 0 aliphatic rings. The first kappa shape index (κ1) is 13.3. The van der Waals surface area contributed by atoms with Gasteiger partial charge in [-0.25, -0.2) is 0 Å². The van der Waals surface area contributed by atoms with Crippen LogP contribution in [-0.4, -0.2) is 11.7 Å². The van der Waals surface area contributed by atoms with Crippen LogP contribution in [0.2, 0.25) is 5.02 Å². The van der Waals surface area contributed by atoms with Crippen LogP contribution in [0, 0.1) is 5.92 Å². The van der Waals surface area contributed by atoms with E-state index in [4.69, 9.17) is 16.3 Å². The van der Waals surface area contributed by atoms with Crippen molar-refractivity contribution in [1.82, 2.24) is 0 Å². The second-order valence-corrected chi connectivity index (χ2v) is 4.83. The minimum atomic E-state index is -0.562. The van der Waals surface area contributed by atoms with E-state index in [2.05, 4.69) is 13.8 Å². The molecule has 0 bridgehead atoms. The summed E-state index contributed by atoms with van der Waals surface area (Å²) < 4.78 is 5.65. The molecule has 0 saturated heterocycles. The van der Waals surface area contributed by atoms with Gasteiger partial charge in [-0.05, 0) is 37.5 Å². The normalized spacial score (nSPS) is 12.9. The van der Waals surface area contributed by atoms with Crippen molar-refractivity contribution in [1.29, 1.82) is 0 Å². The summed E-state index contributed by atoms with van der Waals surface area (Å²) in [5, 5.41) is 10.2. The molecule has 1 aromatic carbocycles. The molecule has 0 heterocycles. The van der Waals surface area contributed by atoms with Gasteiger partial charge < -0.3 is 9.84 Å². The van der Waals surface area contributed by atoms with Crippen LogP contribution in [0.3, 0.4) is 0 Å². The molecular formula is C13H19ClO2. The van der Waals surface area contributed by atoms with Crippen molar-refractivity contribution in [3.63, 3.8) is 0 Å². The quantitative estimate of drug-likeness (QED) is 0.851. The molecule has 1 aromatic rings. The molecule has 1 rings (SSSR count). The highest BCUT2D eigenvalue weighted by molar-refractivity contribution is 6.30. The third-order valence-electron chi connectivity index (χ3n) is 2.37. The lowest BCUT2D eigenvalue weighted by Gasteiger charge is -2.14. The number of rotatable bonds is 5. The molecule has 0 amide bonds. The van der Waals surface area contributed by atoms with Gasteiger partial charge in [0.25, 0.3) is 0 Å². The van der Waals surface area contributed by atoms with E-state index in [1.165, 1.54) is 0 Å². The summed E-state index contributed by atoms with van der Waals surface area (Å²) in [7, 11) is 0. The first-order chi connectivity index (χ1) is 7.50. The molecule has 0 aromatic heterocycles. The number of aliphatic hydroxyl groups is 1. The van der Waals surface area contributed by atoms with Gasteiger partial charge in [-0.15, -0.1) is 0 Å². The Balaban J connectivity index is 2.71. The van der Waals surface area contributed by atoms with E-state index in [0.29, 0.717) is 17.5 Å². The number of hydrogen-bond acceptors (Lipinski definition) is 2. The second-order valence-electron chi connectivity index (χ2n) is 4.39. The van der Waals surface area contributed by atoms with Gasteiger partial charge in [0.1, 0.15) is 5.75 Å². The molecule has 0 fully saturated rings. The van der Waals surface area contributed by atoms with Crippen molar-refractivity contribution < 1.29 is 9.84 Å². The SMILES string of the molecule is CC(C)CCOc1ccc(Cl)cc1[C@H](C)O. The number of benzene rings is 1. The Hall–Kier alpha value is -0.730. The number of halogens is 1. The maximum atomic E-state index is 9.60. The third kappa shape index (κ3) is 4.03. The highest BCUT2D eigenvalue weighted by Crippen LogP contribution is 2.28. The fraction of sp³-hybridized carbons (Fsp3) is 0.538. The van der Waals surface area contributed by atoms with Crippen LogP contribution in [0.25, 0.3) is 0 Å². The lowest BCUT2D eigenvalue weighted by atomic mass is 10.1. The summed E-state index contributed by atoms with van der Waals surface area (Å²) in [6.07, 6.45) is 0.440. The molecule has 0 spiro atoms. The second kappa shape index (κ2) is 6.12. The van der Waals surface area contributed by atoms with Crippen molar-refractivity contribution in [3.8, 4) is 5.75 Å². The first-order valence-electron chi connectivity index (χ1n) is 5.61. The van der Waals surface area contributed by atoms with Crippen LogP contribution in [-0.2, 0) is 0 Å². The minimum Gasteiger partial charge on any atom is -0.493 e. The molecule has 2 nitrogen and oxygen atoms in total. The van der Waals surface area contributed by atoms with Crippen LogP contribution in [0.4, 0.5) is 0 Å². The Bertz CT molecular complexity index is 335. The lowest BCUT2D eigenvalue weighted by Crippen LogP contribution is -2.04. The lowest BCUT2D eigenvalue weighted by molar-refractivity contribution is 0.190. The predicted molar refractivity (Wildman–Crippen MR) is 67.0 cm³/mol. The van der Waals surface area contributed by atoms with E-state index in [-0.39, 0.29) is 0 Å². The molecule has 1 atom stereocenters. The summed E-state index contributed by atoms with van der Waals surface area (Å²) in [5.74, 6) is 1.34. The van der Waals surface area contributed by atoms with Gasteiger partial charge in [-0.1, -0.05) is 25.4 Å². The highest BCUT2D eigenvalue weighted by atomic mass is 35.5. The van der Waals surface area contributed by atoms with Crippen LogP contribution < -0.4 is 4.74 Å². The topological polar surface area (TPSA) is 29.5 Å². The summed E-state index contributed by atoms with van der Waals surface area (Å²) in [6, 6.07) is 5.33. The molecule has 3 heteroatoms. The van der Waals surface area contributed by atoms with Crippen LogP contribution in [0.15, 0.2) is 18.2 Å². The Morgan fingerprint density at radius 2 is 2.00 bits per heavy atom. The van der Waals surface area contributed by atoms with Crippen molar-refractivity contribution in [2.45, 2.75) is 33.3 Å². The molecule has 90 valence electrons. The van der Waals surface area contributed by atoms with Gasteiger partial charge >= 0.3 is 0 Å². The minimum absolute atomic E-state index is 0.562. The molecular weight excluding hydrogens is 224 g/mol. The van der Waals surface area contributed by atoms with E-state index < -0.39 is 6.10 Å². The Kier molecular flexibility index (Phi) is 5.10. The molecule has 0 aliphatic carbocycles. The summed E-state index contributed by atoms with van der Waals surface area (Å²) in [6.45, 7) is 6.68. The summed E-state index contributed by atoms with van der Waals surface area (Å²) >= 11 is 5.88. The number of ether oxygens (including phenoxy) is 1. The van der Waals surface area contributed by atoms with E-state index in [0.717, 1.165) is 17.7 Å². The number of hydrogen-bond donors (Lipinski definition) is 1.